The van der Waals surface area contributed by atoms with Crippen molar-refractivity contribution in [3.63, 3.8) is 0 Å². The molecule has 1 aliphatic heterocycles. The Kier molecular flexibility index (Phi) is 6.40. The summed E-state index contributed by atoms with van der Waals surface area (Å²) >= 11 is 0. The molecule has 24 heavy (non-hydrogen) atoms. The summed E-state index contributed by atoms with van der Waals surface area (Å²) in [6.45, 7) is 6.27. The summed E-state index contributed by atoms with van der Waals surface area (Å²) in [5.74, 6) is 0.584. The normalized spacial score (nSPS) is 18.8. The van der Waals surface area contributed by atoms with Gasteiger partial charge in [-0.1, -0.05) is 36.8 Å². The molecule has 1 aromatic rings. The Labute approximate surface area is 145 Å². The summed E-state index contributed by atoms with van der Waals surface area (Å²) in [6.07, 6.45) is 3.64. The predicted molar refractivity (Wildman–Crippen MR) is 96.0 cm³/mol. The van der Waals surface area contributed by atoms with Crippen molar-refractivity contribution in [2.24, 2.45) is 5.92 Å². The summed E-state index contributed by atoms with van der Waals surface area (Å²) in [5, 5.41) is 0. The molecule has 1 unspecified atom stereocenters. The molecule has 1 atom stereocenters. The number of hydrogen-bond donors (Lipinski definition) is 0. The first-order valence-corrected chi connectivity index (χ1v) is 10.4. The fourth-order valence-electron chi connectivity index (χ4n) is 3.05. The number of nitrogens with zero attached hydrogens (tertiary/aromatic N) is 2. The molecule has 1 aromatic carbocycles. The molecular weight excluding hydrogens is 324 g/mol. The molecule has 1 saturated heterocycles. The van der Waals surface area contributed by atoms with E-state index >= 15 is 0 Å². The zero-order chi connectivity index (χ0) is 17.7. The molecule has 0 bridgehead atoms. The van der Waals surface area contributed by atoms with E-state index < -0.39 is 10.0 Å². The maximum absolute atomic E-state index is 12.4. The molecule has 0 aliphatic carbocycles. The summed E-state index contributed by atoms with van der Waals surface area (Å²) in [4.78, 5) is 14.3. The Morgan fingerprint density at radius 1 is 1.29 bits per heavy atom. The maximum atomic E-state index is 12.4. The molecule has 134 valence electrons. The van der Waals surface area contributed by atoms with E-state index in [0.717, 1.165) is 37.1 Å². The summed E-state index contributed by atoms with van der Waals surface area (Å²) < 4.78 is 25.5. The molecule has 1 amide bonds. The fourth-order valence-corrected chi connectivity index (χ4v) is 3.86. The van der Waals surface area contributed by atoms with Crippen LogP contribution in [0, 0.1) is 12.8 Å². The largest absolute Gasteiger partial charge is 0.342 e. The van der Waals surface area contributed by atoms with E-state index in [4.69, 9.17) is 0 Å². The maximum Gasteiger partial charge on any atom is 0.223 e. The van der Waals surface area contributed by atoms with Crippen LogP contribution in [0.25, 0.3) is 0 Å². The number of amides is 1. The van der Waals surface area contributed by atoms with Gasteiger partial charge in [0.2, 0.25) is 15.9 Å². The number of likely N-dealkylation sites (tertiary alicyclic amines) is 1. The molecule has 0 spiro atoms. The molecule has 5 nitrogen and oxygen atoms in total. The lowest BCUT2D eigenvalue weighted by atomic mass is 10.00. The number of carbonyl (C=O) groups is 1. The zero-order valence-electron chi connectivity index (χ0n) is 14.9. The minimum atomic E-state index is -3.35. The Bertz CT molecular complexity index is 655. The van der Waals surface area contributed by atoms with E-state index in [1.807, 2.05) is 36.1 Å². The lowest BCUT2D eigenvalue weighted by Gasteiger charge is -2.31. The van der Waals surface area contributed by atoms with E-state index in [0.29, 0.717) is 12.5 Å². The Morgan fingerprint density at radius 3 is 2.54 bits per heavy atom. The standard InChI is InChI=1S/C18H28N2O3S/c1-15-6-8-17(9-7-15)14-20(24(3,22)23)12-10-18(21)19-11-4-5-16(2)13-19/h6-9,16H,4-5,10-14H2,1-3H3. The summed E-state index contributed by atoms with van der Waals surface area (Å²) in [6, 6.07) is 7.80. The van der Waals surface area contributed by atoms with Crippen molar-refractivity contribution < 1.29 is 13.2 Å². The van der Waals surface area contributed by atoms with Gasteiger partial charge in [0.25, 0.3) is 0 Å². The second kappa shape index (κ2) is 8.12. The lowest BCUT2D eigenvalue weighted by Crippen LogP contribution is -2.41. The fraction of sp³-hybridized carbons (Fsp3) is 0.611. The quantitative estimate of drug-likeness (QED) is 0.790. The number of aryl methyl sites for hydroxylation is 1. The first kappa shape index (κ1) is 18.9. The zero-order valence-corrected chi connectivity index (χ0v) is 15.7. The van der Waals surface area contributed by atoms with Crippen LogP contribution in [0.3, 0.4) is 0 Å². The monoisotopic (exact) mass is 352 g/mol. The first-order valence-electron chi connectivity index (χ1n) is 8.54. The molecule has 1 heterocycles. The van der Waals surface area contributed by atoms with E-state index in [1.165, 1.54) is 10.6 Å². The molecule has 0 aromatic heterocycles. The van der Waals surface area contributed by atoms with Gasteiger partial charge < -0.3 is 4.90 Å². The summed E-state index contributed by atoms with van der Waals surface area (Å²) in [5.41, 5.74) is 2.07. The highest BCUT2D eigenvalue weighted by atomic mass is 32.2. The van der Waals surface area contributed by atoms with Crippen LogP contribution < -0.4 is 0 Å². The van der Waals surface area contributed by atoms with Crippen molar-refractivity contribution in [3.8, 4) is 0 Å². The third-order valence-electron chi connectivity index (χ3n) is 4.53. The molecule has 0 saturated carbocycles. The number of sulfonamides is 1. The van der Waals surface area contributed by atoms with E-state index in [1.54, 1.807) is 0 Å². The van der Waals surface area contributed by atoms with Crippen LogP contribution in [-0.4, -0.2) is 49.4 Å². The van der Waals surface area contributed by atoms with Crippen molar-refractivity contribution in [2.75, 3.05) is 25.9 Å². The van der Waals surface area contributed by atoms with Gasteiger partial charge in [-0.05, 0) is 31.2 Å². The van der Waals surface area contributed by atoms with Gasteiger partial charge >= 0.3 is 0 Å². The van der Waals surface area contributed by atoms with Crippen LogP contribution >= 0.6 is 0 Å². The van der Waals surface area contributed by atoms with Crippen molar-refractivity contribution in [2.45, 2.75) is 39.7 Å². The van der Waals surface area contributed by atoms with Crippen molar-refractivity contribution in [1.29, 1.82) is 0 Å². The van der Waals surface area contributed by atoms with Gasteiger partial charge in [0.15, 0.2) is 0 Å². The molecule has 2 rings (SSSR count). The average Bonchev–Trinajstić information content (AvgIpc) is 2.51. The van der Waals surface area contributed by atoms with E-state index in [9.17, 15) is 13.2 Å². The van der Waals surface area contributed by atoms with Crippen LogP contribution in [0.15, 0.2) is 24.3 Å². The molecule has 1 aliphatic rings. The molecule has 0 N–H and O–H groups in total. The van der Waals surface area contributed by atoms with Gasteiger partial charge in [0.1, 0.15) is 0 Å². The number of benzene rings is 1. The molecule has 0 radical (unpaired) electrons. The predicted octanol–water partition coefficient (Wildman–Crippen LogP) is 2.41. The Hall–Kier alpha value is -1.40. The number of hydrogen-bond acceptors (Lipinski definition) is 3. The second-order valence-electron chi connectivity index (χ2n) is 6.92. The first-order chi connectivity index (χ1) is 11.3. The van der Waals surface area contributed by atoms with Gasteiger partial charge in [0.05, 0.1) is 6.26 Å². The average molecular weight is 353 g/mol. The van der Waals surface area contributed by atoms with Gasteiger partial charge in [-0.2, -0.15) is 4.31 Å². The molecular formula is C18H28N2O3S. The second-order valence-corrected chi connectivity index (χ2v) is 8.90. The lowest BCUT2D eigenvalue weighted by molar-refractivity contribution is -0.133. The summed E-state index contributed by atoms with van der Waals surface area (Å²) in [7, 11) is -3.35. The number of carbonyl (C=O) groups excluding carboxylic acids is 1. The Morgan fingerprint density at radius 2 is 1.96 bits per heavy atom. The molecule has 6 heteroatoms. The third kappa shape index (κ3) is 5.60. The van der Waals surface area contributed by atoms with Crippen molar-refractivity contribution in [3.05, 3.63) is 35.4 Å². The van der Waals surface area contributed by atoms with Gasteiger partial charge in [-0.25, -0.2) is 8.42 Å². The van der Waals surface area contributed by atoms with E-state index in [2.05, 4.69) is 6.92 Å². The van der Waals surface area contributed by atoms with E-state index in [-0.39, 0.29) is 18.9 Å². The number of piperidine rings is 1. The SMILES string of the molecule is Cc1ccc(CN(CCC(=O)N2CCCC(C)C2)S(C)(=O)=O)cc1. The number of rotatable bonds is 6. The molecule has 1 fully saturated rings. The van der Waals surface area contributed by atoms with Crippen LogP contribution in [0.1, 0.15) is 37.3 Å². The van der Waals surface area contributed by atoms with Crippen LogP contribution in [-0.2, 0) is 21.4 Å². The minimum absolute atomic E-state index is 0.0547. The van der Waals surface area contributed by atoms with Gasteiger partial charge in [-0.3, -0.25) is 4.79 Å². The Balaban J connectivity index is 1.96. The van der Waals surface area contributed by atoms with Crippen molar-refractivity contribution in [1.82, 2.24) is 9.21 Å². The van der Waals surface area contributed by atoms with Crippen LogP contribution in [0.5, 0.6) is 0 Å². The van der Waals surface area contributed by atoms with Gasteiger partial charge in [0, 0.05) is 32.6 Å². The highest BCUT2D eigenvalue weighted by Crippen LogP contribution is 2.17. The van der Waals surface area contributed by atoms with Crippen LogP contribution in [0.4, 0.5) is 0 Å². The smallest absolute Gasteiger partial charge is 0.223 e. The topological polar surface area (TPSA) is 57.7 Å². The highest BCUT2D eigenvalue weighted by Gasteiger charge is 2.23. The van der Waals surface area contributed by atoms with Crippen LogP contribution in [0.2, 0.25) is 0 Å². The minimum Gasteiger partial charge on any atom is -0.342 e. The highest BCUT2D eigenvalue weighted by molar-refractivity contribution is 7.88. The van der Waals surface area contributed by atoms with Crippen molar-refractivity contribution >= 4 is 15.9 Å². The third-order valence-corrected chi connectivity index (χ3v) is 5.78. The van der Waals surface area contributed by atoms with Gasteiger partial charge in [-0.15, -0.1) is 0 Å².